The number of carbonyl (C=O) groups is 1. The number of ether oxygens (including phenoxy) is 1. The Bertz CT molecular complexity index is 242. The summed E-state index contributed by atoms with van der Waals surface area (Å²) in [5.41, 5.74) is 0. The van der Waals surface area contributed by atoms with E-state index in [1.807, 2.05) is 0 Å². The van der Waals surface area contributed by atoms with Crippen LogP contribution in [0, 0.1) is 5.92 Å². The van der Waals surface area contributed by atoms with Gasteiger partial charge in [0, 0.05) is 13.1 Å². The van der Waals surface area contributed by atoms with Crippen LogP contribution in [0.4, 0.5) is 4.79 Å². The van der Waals surface area contributed by atoms with Crippen molar-refractivity contribution in [1.29, 1.82) is 0 Å². The van der Waals surface area contributed by atoms with Crippen LogP contribution in [-0.2, 0) is 4.74 Å². The summed E-state index contributed by atoms with van der Waals surface area (Å²) >= 11 is 0. The van der Waals surface area contributed by atoms with Crippen molar-refractivity contribution in [3.63, 3.8) is 0 Å². The van der Waals surface area contributed by atoms with E-state index in [9.17, 15) is 4.79 Å². The van der Waals surface area contributed by atoms with E-state index < -0.39 is 0 Å². The van der Waals surface area contributed by atoms with E-state index in [1.165, 1.54) is 6.42 Å². The first-order valence-corrected chi connectivity index (χ1v) is 5.08. The predicted octanol–water partition coefficient (Wildman–Crippen LogP) is 0.603. The zero-order chi connectivity index (χ0) is 9.97. The summed E-state index contributed by atoms with van der Waals surface area (Å²) in [5, 5.41) is 3.29. The van der Waals surface area contributed by atoms with E-state index in [2.05, 4.69) is 11.9 Å². The quantitative estimate of drug-likeness (QED) is 0.658. The standard InChI is InChI=1S/C10H16N2O2/c1-2-5-14-10(13)12-7-8-3-4-11-6-9(8)12/h2,8-9,11H,1,3-7H2/t8-,9-/m0/s1. The normalized spacial score (nSPS) is 30.1. The molecule has 2 aliphatic rings. The molecule has 78 valence electrons. The van der Waals surface area contributed by atoms with Crippen molar-refractivity contribution in [3.8, 4) is 0 Å². The zero-order valence-corrected chi connectivity index (χ0v) is 8.24. The van der Waals surface area contributed by atoms with E-state index in [1.54, 1.807) is 11.0 Å². The summed E-state index contributed by atoms with van der Waals surface area (Å²) in [5.74, 6) is 0.688. The molecule has 1 N–H and O–H groups in total. The summed E-state index contributed by atoms with van der Waals surface area (Å²) in [6.07, 6.45) is 2.57. The van der Waals surface area contributed by atoms with Crippen molar-refractivity contribution in [2.75, 3.05) is 26.2 Å². The molecule has 0 saturated carbocycles. The van der Waals surface area contributed by atoms with Crippen LogP contribution < -0.4 is 5.32 Å². The lowest BCUT2D eigenvalue weighted by Crippen LogP contribution is -2.65. The van der Waals surface area contributed by atoms with Gasteiger partial charge in [-0.1, -0.05) is 12.7 Å². The Morgan fingerprint density at radius 2 is 2.57 bits per heavy atom. The molecule has 1 amide bonds. The van der Waals surface area contributed by atoms with Crippen molar-refractivity contribution in [2.24, 2.45) is 5.92 Å². The molecule has 2 atom stereocenters. The van der Waals surface area contributed by atoms with Crippen LogP contribution in [-0.4, -0.2) is 43.3 Å². The van der Waals surface area contributed by atoms with Gasteiger partial charge >= 0.3 is 6.09 Å². The lowest BCUT2D eigenvalue weighted by molar-refractivity contribution is -0.00416. The highest BCUT2D eigenvalue weighted by Crippen LogP contribution is 2.29. The number of nitrogens with zero attached hydrogens (tertiary/aromatic N) is 1. The minimum Gasteiger partial charge on any atom is -0.445 e. The minimum absolute atomic E-state index is 0.199. The van der Waals surface area contributed by atoms with Gasteiger partial charge in [0.1, 0.15) is 6.61 Å². The monoisotopic (exact) mass is 196 g/mol. The van der Waals surface area contributed by atoms with Crippen LogP contribution >= 0.6 is 0 Å². The molecule has 0 aliphatic carbocycles. The van der Waals surface area contributed by atoms with Gasteiger partial charge in [-0.25, -0.2) is 4.79 Å². The number of likely N-dealkylation sites (tertiary alicyclic amines) is 1. The largest absolute Gasteiger partial charge is 0.445 e. The fraction of sp³-hybridized carbons (Fsp3) is 0.700. The number of carbonyl (C=O) groups excluding carboxylic acids is 1. The number of rotatable bonds is 2. The number of nitrogens with one attached hydrogen (secondary N) is 1. The second-order valence-electron chi connectivity index (χ2n) is 3.84. The first-order valence-electron chi connectivity index (χ1n) is 5.08. The lowest BCUT2D eigenvalue weighted by atomic mass is 9.84. The van der Waals surface area contributed by atoms with Crippen molar-refractivity contribution in [3.05, 3.63) is 12.7 Å². The van der Waals surface area contributed by atoms with Gasteiger partial charge in [0.15, 0.2) is 0 Å². The maximum absolute atomic E-state index is 11.5. The predicted molar refractivity (Wildman–Crippen MR) is 53.0 cm³/mol. The Morgan fingerprint density at radius 3 is 3.29 bits per heavy atom. The minimum atomic E-state index is -0.199. The van der Waals surface area contributed by atoms with Crippen molar-refractivity contribution < 1.29 is 9.53 Å². The van der Waals surface area contributed by atoms with E-state index in [0.717, 1.165) is 19.6 Å². The molecule has 0 aromatic carbocycles. The molecular formula is C10H16N2O2. The molecule has 14 heavy (non-hydrogen) atoms. The Labute approximate surface area is 83.9 Å². The third-order valence-corrected chi connectivity index (χ3v) is 2.98. The van der Waals surface area contributed by atoms with Gasteiger partial charge < -0.3 is 15.0 Å². The van der Waals surface area contributed by atoms with Crippen LogP contribution in [0.15, 0.2) is 12.7 Å². The molecular weight excluding hydrogens is 180 g/mol. The van der Waals surface area contributed by atoms with E-state index in [4.69, 9.17) is 4.74 Å². The second kappa shape index (κ2) is 4.00. The lowest BCUT2D eigenvalue weighted by Gasteiger charge is -2.49. The highest BCUT2D eigenvalue weighted by Gasteiger charge is 2.43. The number of piperidine rings is 1. The summed E-state index contributed by atoms with van der Waals surface area (Å²) in [6, 6.07) is 0.362. The molecule has 0 unspecified atom stereocenters. The number of hydrogen-bond acceptors (Lipinski definition) is 3. The molecule has 4 nitrogen and oxygen atoms in total. The van der Waals surface area contributed by atoms with Crippen LogP contribution in [0.2, 0.25) is 0 Å². The topological polar surface area (TPSA) is 41.6 Å². The smallest absolute Gasteiger partial charge is 0.410 e. The highest BCUT2D eigenvalue weighted by molar-refractivity contribution is 5.69. The molecule has 0 spiro atoms. The van der Waals surface area contributed by atoms with Crippen LogP contribution in [0.3, 0.4) is 0 Å². The molecule has 2 heterocycles. The average molecular weight is 196 g/mol. The van der Waals surface area contributed by atoms with Gasteiger partial charge in [0.25, 0.3) is 0 Å². The first kappa shape index (κ1) is 9.52. The Morgan fingerprint density at radius 1 is 1.71 bits per heavy atom. The van der Waals surface area contributed by atoms with Crippen LogP contribution in [0.5, 0.6) is 0 Å². The number of fused-ring (bicyclic) bond motifs is 1. The molecule has 4 heteroatoms. The third kappa shape index (κ3) is 1.62. The van der Waals surface area contributed by atoms with E-state index in [0.29, 0.717) is 18.6 Å². The van der Waals surface area contributed by atoms with E-state index in [-0.39, 0.29) is 6.09 Å². The van der Waals surface area contributed by atoms with Crippen molar-refractivity contribution in [1.82, 2.24) is 10.2 Å². The average Bonchev–Trinajstić information content (AvgIpc) is 2.17. The maximum atomic E-state index is 11.5. The third-order valence-electron chi connectivity index (χ3n) is 2.98. The maximum Gasteiger partial charge on any atom is 0.410 e. The SMILES string of the molecule is C=CCOC(=O)N1C[C@@H]2CCNC[C@@H]21. The molecule has 2 rings (SSSR count). The van der Waals surface area contributed by atoms with Crippen LogP contribution in [0.25, 0.3) is 0 Å². The van der Waals surface area contributed by atoms with Crippen molar-refractivity contribution >= 4 is 6.09 Å². The molecule has 2 saturated heterocycles. The number of hydrogen-bond donors (Lipinski definition) is 1. The summed E-state index contributed by atoms with van der Waals surface area (Å²) in [6.45, 7) is 6.67. The molecule has 0 radical (unpaired) electrons. The molecule has 2 aliphatic heterocycles. The number of amides is 1. The summed E-state index contributed by atoms with van der Waals surface area (Å²) in [7, 11) is 0. The van der Waals surface area contributed by atoms with Crippen LogP contribution in [0.1, 0.15) is 6.42 Å². The zero-order valence-electron chi connectivity index (χ0n) is 8.24. The summed E-state index contributed by atoms with van der Waals surface area (Å²) < 4.78 is 4.99. The van der Waals surface area contributed by atoms with Gasteiger partial charge in [0.2, 0.25) is 0 Å². The van der Waals surface area contributed by atoms with Gasteiger partial charge in [-0.3, -0.25) is 0 Å². The fourth-order valence-corrected chi connectivity index (χ4v) is 2.15. The Kier molecular flexibility index (Phi) is 2.72. The molecule has 0 bridgehead atoms. The van der Waals surface area contributed by atoms with Crippen molar-refractivity contribution in [2.45, 2.75) is 12.5 Å². The Balaban J connectivity index is 1.82. The first-order chi connectivity index (χ1) is 6.83. The summed E-state index contributed by atoms with van der Waals surface area (Å²) in [4.78, 5) is 13.3. The van der Waals surface area contributed by atoms with Gasteiger partial charge in [-0.15, -0.1) is 0 Å². The fourth-order valence-electron chi connectivity index (χ4n) is 2.15. The molecule has 0 aromatic rings. The second-order valence-corrected chi connectivity index (χ2v) is 3.84. The van der Waals surface area contributed by atoms with Gasteiger partial charge in [-0.05, 0) is 18.9 Å². The molecule has 0 aromatic heterocycles. The van der Waals surface area contributed by atoms with E-state index >= 15 is 0 Å². The highest BCUT2D eigenvalue weighted by atomic mass is 16.6. The van der Waals surface area contributed by atoms with Gasteiger partial charge in [0.05, 0.1) is 6.04 Å². The molecule has 2 fully saturated rings. The Hall–Kier alpha value is -1.03. The van der Waals surface area contributed by atoms with Gasteiger partial charge in [-0.2, -0.15) is 0 Å².